The van der Waals surface area contributed by atoms with Gasteiger partial charge in [0.05, 0.1) is 22.9 Å². The van der Waals surface area contributed by atoms with E-state index in [0.717, 1.165) is 22.2 Å². The molecule has 2 atom stereocenters. The molecule has 0 saturated carbocycles. The van der Waals surface area contributed by atoms with E-state index < -0.39 is 26.9 Å². The second-order valence-electron chi connectivity index (χ2n) is 6.40. The van der Waals surface area contributed by atoms with E-state index in [1.54, 1.807) is 13.8 Å². The maximum atomic E-state index is 12.9. The largest absolute Gasteiger partial charge is 0.348 e. The maximum absolute atomic E-state index is 12.9. The van der Waals surface area contributed by atoms with E-state index in [-0.39, 0.29) is 23.8 Å². The highest BCUT2D eigenvalue weighted by Gasteiger charge is 2.32. The van der Waals surface area contributed by atoms with Gasteiger partial charge >= 0.3 is 0 Å². The number of hydrogen-bond acceptors (Lipinski definition) is 5. The fraction of sp³-hybridized carbons (Fsp3) is 0.316. The molecule has 0 aliphatic rings. The van der Waals surface area contributed by atoms with Gasteiger partial charge in [0.2, 0.25) is 15.9 Å². The predicted octanol–water partition coefficient (Wildman–Crippen LogP) is 3.02. The number of nitro benzene ring substituents is 1. The molecule has 0 saturated heterocycles. The second kappa shape index (κ2) is 8.83. The average molecular weight is 405 g/mol. The van der Waals surface area contributed by atoms with E-state index in [1.807, 2.05) is 30.3 Å². The molecule has 0 spiro atoms. The molecule has 0 aromatic heterocycles. The van der Waals surface area contributed by atoms with Crippen molar-refractivity contribution >= 4 is 27.3 Å². The summed E-state index contributed by atoms with van der Waals surface area (Å²) in [5.41, 5.74) is 0.706. The molecule has 1 amide bonds. The molecular formula is C19H23N3O5S. The Morgan fingerprint density at radius 3 is 2.36 bits per heavy atom. The summed E-state index contributed by atoms with van der Waals surface area (Å²) in [6, 6.07) is 13.2. The highest BCUT2D eigenvalue weighted by atomic mass is 32.2. The van der Waals surface area contributed by atoms with Crippen LogP contribution in [0.5, 0.6) is 0 Å². The van der Waals surface area contributed by atoms with Crippen molar-refractivity contribution in [3.05, 3.63) is 70.3 Å². The van der Waals surface area contributed by atoms with E-state index >= 15 is 0 Å². The summed E-state index contributed by atoms with van der Waals surface area (Å²) in [6.45, 7) is 3.49. The summed E-state index contributed by atoms with van der Waals surface area (Å²) in [6.07, 6.45) is 1.17. The first-order valence-corrected chi connectivity index (χ1v) is 10.6. The molecule has 0 aliphatic carbocycles. The molecule has 0 radical (unpaired) electrons. The number of rotatable bonds is 8. The molecule has 9 heteroatoms. The van der Waals surface area contributed by atoms with Crippen molar-refractivity contribution in [2.24, 2.45) is 0 Å². The Hall–Kier alpha value is -2.94. The van der Waals surface area contributed by atoms with E-state index in [4.69, 9.17) is 0 Å². The standard InChI is InChI=1S/C19H23N3O5S/c1-4-18(19(23)20-14(2)15-9-6-5-7-10-15)21(28(3,26)27)16-11-8-12-17(13-16)22(24)25/h5-14,18H,4H2,1-3H3,(H,20,23). The third kappa shape index (κ3) is 5.07. The van der Waals surface area contributed by atoms with E-state index in [9.17, 15) is 23.3 Å². The fourth-order valence-corrected chi connectivity index (χ4v) is 4.14. The first-order chi connectivity index (χ1) is 13.1. The van der Waals surface area contributed by atoms with Crippen LogP contribution in [0.15, 0.2) is 54.6 Å². The van der Waals surface area contributed by atoms with Gasteiger partial charge in [0.25, 0.3) is 5.69 Å². The fourth-order valence-electron chi connectivity index (χ4n) is 2.94. The summed E-state index contributed by atoms with van der Waals surface area (Å²) in [5, 5.41) is 13.9. The normalized spacial score (nSPS) is 13.4. The minimum absolute atomic E-state index is 0.0751. The number of non-ortho nitro benzene ring substituents is 1. The monoisotopic (exact) mass is 405 g/mol. The van der Waals surface area contributed by atoms with Crippen LogP contribution in [0.3, 0.4) is 0 Å². The summed E-state index contributed by atoms with van der Waals surface area (Å²) in [7, 11) is -3.87. The predicted molar refractivity (Wildman–Crippen MR) is 107 cm³/mol. The minimum atomic E-state index is -3.87. The van der Waals surface area contributed by atoms with Crippen molar-refractivity contribution < 1.29 is 18.1 Å². The number of nitrogens with zero attached hydrogens (tertiary/aromatic N) is 2. The third-order valence-electron chi connectivity index (χ3n) is 4.28. The van der Waals surface area contributed by atoms with Gasteiger partial charge in [-0.1, -0.05) is 43.3 Å². The van der Waals surface area contributed by atoms with Crippen LogP contribution in [0.1, 0.15) is 31.9 Å². The highest BCUT2D eigenvalue weighted by molar-refractivity contribution is 7.92. The SMILES string of the molecule is CCC(C(=O)NC(C)c1ccccc1)N(c1cccc([N+](=O)[O-])c1)S(C)(=O)=O. The molecule has 1 N–H and O–H groups in total. The lowest BCUT2D eigenvalue weighted by Crippen LogP contribution is -2.49. The number of hydrogen-bond donors (Lipinski definition) is 1. The van der Waals surface area contributed by atoms with Crippen molar-refractivity contribution in [1.82, 2.24) is 5.32 Å². The lowest BCUT2D eigenvalue weighted by Gasteiger charge is -2.31. The van der Waals surface area contributed by atoms with Gasteiger partial charge in [-0.2, -0.15) is 0 Å². The van der Waals surface area contributed by atoms with E-state index in [0.29, 0.717) is 0 Å². The van der Waals surface area contributed by atoms with Crippen molar-refractivity contribution in [2.75, 3.05) is 10.6 Å². The Morgan fingerprint density at radius 1 is 1.18 bits per heavy atom. The lowest BCUT2D eigenvalue weighted by atomic mass is 10.1. The number of carbonyl (C=O) groups excluding carboxylic acids is 1. The van der Waals surface area contributed by atoms with E-state index in [1.165, 1.54) is 18.2 Å². The number of amides is 1. The minimum Gasteiger partial charge on any atom is -0.348 e. The molecule has 8 nitrogen and oxygen atoms in total. The van der Waals surface area contributed by atoms with E-state index in [2.05, 4.69) is 5.32 Å². The van der Waals surface area contributed by atoms with Crippen molar-refractivity contribution in [2.45, 2.75) is 32.4 Å². The van der Waals surface area contributed by atoms with Crippen LogP contribution >= 0.6 is 0 Å². The zero-order chi connectivity index (χ0) is 20.9. The van der Waals surface area contributed by atoms with Gasteiger partial charge in [0, 0.05) is 12.1 Å². The molecule has 2 aromatic rings. The molecule has 2 aromatic carbocycles. The Kier molecular flexibility index (Phi) is 6.74. The van der Waals surface area contributed by atoms with Gasteiger partial charge in [-0.25, -0.2) is 8.42 Å². The molecule has 28 heavy (non-hydrogen) atoms. The molecule has 0 aliphatic heterocycles. The van der Waals surface area contributed by atoms with Crippen LogP contribution in [0.25, 0.3) is 0 Å². The number of benzene rings is 2. The summed E-state index contributed by atoms with van der Waals surface area (Å²) < 4.78 is 25.8. The number of carbonyl (C=O) groups is 1. The Bertz CT molecular complexity index is 947. The van der Waals surface area contributed by atoms with Crippen molar-refractivity contribution in [3.63, 3.8) is 0 Å². The number of nitro groups is 1. The zero-order valence-electron chi connectivity index (χ0n) is 15.9. The Balaban J connectivity index is 2.37. The summed E-state index contributed by atoms with van der Waals surface area (Å²) in [4.78, 5) is 23.3. The molecular weight excluding hydrogens is 382 g/mol. The van der Waals surface area contributed by atoms with Crippen molar-refractivity contribution in [1.29, 1.82) is 0 Å². The molecule has 2 rings (SSSR count). The number of nitrogens with one attached hydrogen (secondary N) is 1. The molecule has 150 valence electrons. The van der Waals surface area contributed by atoms with Crippen molar-refractivity contribution in [3.8, 4) is 0 Å². The highest BCUT2D eigenvalue weighted by Crippen LogP contribution is 2.27. The van der Waals surface area contributed by atoms with Gasteiger partial charge in [0.1, 0.15) is 6.04 Å². The Labute approximate surface area is 164 Å². The van der Waals surface area contributed by atoms with Gasteiger partial charge < -0.3 is 5.32 Å². The summed E-state index contributed by atoms with van der Waals surface area (Å²) in [5.74, 6) is -0.476. The maximum Gasteiger partial charge on any atom is 0.271 e. The van der Waals surface area contributed by atoms with Gasteiger partial charge in [-0.3, -0.25) is 19.2 Å². The van der Waals surface area contributed by atoms with Crippen LogP contribution in [0, 0.1) is 10.1 Å². The molecule has 0 fully saturated rings. The van der Waals surface area contributed by atoms with Gasteiger partial charge in [-0.15, -0.1) is 0 Å². The summed E-state index contributed by atoms with van der Waals surface area (Å²) >= 11 is 0. The third-order valence-corrected chi connectivity index (χ3v) is 5.46. The van der Waals surface area contributed by atoms with Gasteiger partial charge in [-0.05, 0) is 25.0 Å². The molecule has 0 bridgehead atoms. The quantitative estimate of drug-likeness (QED) is 0.536. The van der Waals surface area contributed by atoms with Crippen LogP contribution in [0.4, 0.5) is 11.4 Å². The topological polar surface area (TPSA) is 110 Å². The molecule has 2 unspecified atom stereocenters. The smallest absolute Gasteiger partial charge is 0.271 e. The first kappa shape index (κ1) is 21.4. The number of anilines is 1. The molecule has 0 heterocycles. The Morgan fingerprint density at radius 2 is 1.82 bits per heavy atom. The van der Waals surface area contributed by atoms with Crippen LogP contribution in [0.2, 0.25) is 0 Å². The van der Waals surface area contributed by atoms with Crippen LogP contribution in [-0.2, 0) is 14.8 Å². The average Bonchev–Trinajstić information content (AvgIpc) is 2.65. The van der Waals surface area contributed by atoms with Crippen LogP contribution < -0.4 is 9.62 Å². The van der Waals surface area contributed by atoms with Gasteiger partial charge in [0.15, 0.2) is 0 Å². The first-order valence-electron chi connectivity index (χ1n) is 8.74. The zero-order valence-corrected chi connectivity index (χ0v) is 16.7. The van der Waals surface area contributed by atoms with Crippen LogP contribution in [-0.4, -0.2) is 31.5 Å². The number of sulfonamides is 1. The second-order valence-corrected chi connectivity index (χ2v) is 8.26. The lowest BCUT2D eigenvalue weighted by molar-refractivity contribution is -0.384.